The average Bonchev–Trinajstić information content (AvgIpc) is 2.36. The fraction of sp³-hybridized carbons (Fsp3) is 0.467. The lowest BCUT2D eigenvalue weighted by Gasteiger charge is -2.31. The van der Waals surface area contributed by atoms with E-state index in [4.69, 9.17) is 0 Å². The van der Waals surface area contributed by atoms with Gasteiger partial charge in [0.15, 0.2) is 0 Å². The minimum Gasteiger partial charge on any atom is -0.388 e. The molecule has 0 saturated carbocycles. The minimum absolute atomic E-state index is 0.225. The fourth-order valence-corrected chi connectivity index (χ4v) is 1.92. The molecule has 0 saturated heterocycles. The molecule has 0 radical (unpaired) electrons. The molecule has 16 heavy (non-hydrogen) atoms. The first-order chi connectivity index (χ1) is 7.64. The Morgan fingerprint density at radius 3 is 2.50 bits per heavy atom. The van der Waals surface area contributed by atoms with Crippen molar-refractivity contribution < 1.29 is 5.11 Å². The van der Waals surface area contributed by atoms with Crippen molar-refractivity contribution in [2.75, 3.05) is 0 Å². The molecule has 1 nitrogen and oxygen atoms in total. The van der Waals surface area contributed by atoms with Crippen molar-refractivity contribution in [1.29, 1.82) is 0 Å². The van der Waals surface area contributed by atoms with Crippen LogP contribution in [0.2, 0.25) is 0 Å². The van der Waals surface area contributed by atoms with Crippen LogP contribution in [0.3, 0.4) is 0 Å². The molecule has 0 aliphatic rings. The standard InChI is InChI=1S/C15H22O/c1-4-6-12-15(3,5-2)14(16)13-10-8-7-9-11-13/h5,7-11,14,16H,2,4,6,12H2,1,3H3/t14-,15+/m1/s1. The Morgan fingerprint density at radius 2 is 2.00 bits per heavy atom. The van der Waals surface area contributed by atoms with E-state index in [9.17, 15) is 5.11 Å². The third kappa shape index (κ3) is 2.96. The Kier molecular flexibility index (Phi) is 4.75. The van der Waals surface area contributed by atoms with Gasteiger partial charge in [-0.25, -0.2) is 0 Å². The van der Waals surface area contributed by atoms with Crippen LogP contribution in [0.1, 0.15) is 44.8 Å². The maximum absolute atomic E-state index is 10.4. The Labute approximate surface area is 98.8 Å². The lowest BCUT2D eigenvalue weighted by atomic mass is 9.77. The van der Waals surface area contributed by atoms with E-state index in [1.165, 1.54) is 0 Å². The first kappa shape index (κ1) is 13.0. The summed E-state index contributed by atoms with van der Waals surface area (Å²) in [5.74, 6) is 0. The van der Waals surface area contributed by atoms with Gasteiger partial charge in [0.1, 0.15) is 0 Å². The van der Waals surface area contributed by atoms with Crippen LogP contribution >= 0.6 is 0 Å². The van der Waals surface area contributed by atoms with Crippen molar-refractivity contribution in [1.82, 2.24) is 0 Å². The molecule has 0 aliphatic heterocycles. The fourth-order valence-electron chi connectivity index (χ4n) is 1.92. The molecule has 0 unspecified atom stereocenters. The number of unbranched alkanes of at least 4 members (excludes halogenated alkanes) is 1. The first-order valence-electron chi connectivity index (χ1n) is 6.00. The minimum atomic E-state index is -0.460. The predicted octanol–water partition coefficient (Wildman–Crippen LogP) is 4.10. The molecule has 88 valence electrons. The molecule has 0 aliphatic carbocycles. The Balaban J connectivity index is 2.84. The molecule has 2 atom stereocenters. The number of aliphatic hydroxyl groups excluding tert-OH is 1. The van der Waals surface area contributed by atoms with Crippen molar-refractivity contribution in [3.8, 4) is 0 Å². The van der Waals surface area contributed by atoms with Crippen LogP contribution in [0.25, 0.3) is 0 Å². The Morgan fingerprint density at radius 1 is 1.38 bits per heavy atom. The van der Waals surface area contributed by atoms with Crippen LogP contribution in [0, 0.1) is 5.41 Å². The van der Waals surface area contributed by atoms with E-state index in [0.29, 0.717) is 0 Å². The number of aliphatic hydroxyl groups is 1. The topological polar surface area (TPSA) is 20.2 Å². The molecular formula is C15H22O. The van der Waals surface area contributed by atoms with Crippen LogP contribution in [-0.4, -0.2) is 5.11 Å². The van der Waals surface area contributed by atoms with Gasteiger partial charge in [-0.1, -0.05) is 63.1 Å². The summed E-state index contributed by atoms with van der Waals surface area (Å²) < 4.78 is 0. The lowest BCUT2D eigenvalue weighted by Crippen LogP contribution is -2.23. The summed E-state index contributed by atoms with van der Waals surface area (Å²) in [6, 6.07) is 9.83. The van der Waals surface area contributed by atoms with Crippen LogP contribution in [0.4, 0.5) is 0 Å². The van der Waals surface area contributed by atoms with Gasteiger partial charge < -0.3 is 5.11 Å². The van der Waals surface area contributed by atoms with Gasteiger partial charge in [-0.05, 0) is 12.0 Å². The second kappa shape index (κ2) is 5.86. The van der Waals surface area contributed by atoms with Crippen molar-refractivity contribution in [3.63, 3.8) is 0 Å². The molecule has 1 rings (SSSR count). The van der Waals surface area contributed by atoms with Crippen LogP contribution in [0.5, 0.6) is 0 Å². The van der Waals surface area contributed by atoms with E-state index in [-0.39, 0.29) is 5.41 Å². The summed E-state index contributed by atoms with van der Waals surface area (Å²) >= 11 is 0. The second-order valence-electron chi connectivity index (χ2n) is 4.63. The number of benzene rings is 1. The SMILES string of the molecule is C=C[C@@](C)(CCCC)[C@H](O)c1ccccc1. The Bertz CT molecular complexity index is 317. The predicted molar refractivity (Wildman–Crippen MR) is 69.2 cm³/mol. The highest BCUT2D eigenvalue weighted by molar-refractivity contribution is 5.21. The lowest BCUT2D eigenvalue weighted by molar-refractivity contribution is 0.0624. The zero-order valence-electron chi connectivity index (χ0n) is 10.3. The third-order valence-corrected chi connectivity index (χ3v) is 3.28. The van der Waals surface area contributed by atoms with Gasteiger partial charge in [0.2, 0.25) is 0 Å². The number of hydrogen-bond acceptors (Lipinski definition) is 1. The van der Waals surface area contributed by atoms with Crippen molar-refractivity contribution in [3.05, 3.63) is 48.6 Å². The van der Waals surface area contributed by atoms with Crippen LogP contribution in [0.15, 0.2) is 43.0 Å². The van der Waals surface area contributed by atoms with E-state index in [2.05, 4.69) is 20.4 Å². The highest BCUT2D eigenvalue weighted by atomic mass is 16.3. The zero-order valence-corrected chi connectivity index (χ0v) is 10.3. The quantitative estimate of drug-likeness (QED) is 0.713. The van der Waals surface area contributed by atoms with Gasteiger partial charge in [0, 0.05) is 5.41 Å². The van der Waals surface area contributed by atoms with Crippen LogP contribution in [-0.2, 0) is 0 Å². The summed E-state index contributed by atoms with van der Waals surface area (Å²) in [6.07, 6.45) is 4.67. The van der Waals surface area contributed by atoms with E-state index < -0.39 is 6.10 Å². The van der Waals surface area contributed by atoms with Crippen molar-refractivity contribution in [2.24, 2.45) is 5.41 Å². The molecule has 1 N–H and O–H groups in total. The molecule has 0 spiro atoms. The molecule has 0 fully saturated rings. The van der Waals surface area contributed by atoms with Gasteiger partial charge >= 0.3 is 0 Å². The van der Waals surface area contributed by atoms with Gasteiger partial charge in [-0.15, -0.1) is 6.58 Å². The monoisotopic (exact) mass is 218 g/mol. The second-order valence-corrected chi connectivity index (χ2v) is 4.63. The molecule has 0 aromatic heterocycles. The van der Waals surface area contributed by atoms with E-state index >= 15 is 0 Å². The molecular weight excluding hydrogens is 196 g/mol. The summed E-state index contributed by atoms with van der Waals surface area (Å²) in [7, 11) is 0. The first-order valence-corrected chi connectivity index (χ1v) is 6.00. The Hall–Kier alpha value is -1.08. The number of hydrogen-bond donors (Lipinski definition) is 1. The van der Waals surface area contributed by atoms with Gasteiger partial charge in [-0.3, -0.25) is 0 Å². The molecule has 1 heteroatoms. The molecule has 0 bridgehead atoms. The van der Waals surface area contributed by atoms with E-state index in [1.54, 1.807) is 0 Å². The largest absolute Gasteiger partial charge is 0.388 e. The highest BCUT2D eigenvalue weighted by Gasteiger charge is 2.30. The van der Waals surface area contributed by atoms with Crippen molar-refractivity contribution >= 4 is 0 Å². The summed E-state index contributed by atoms with van der Waals surface area (Å²) in [5, 5.41) is 10.4. The number of rotatable bonds is 6. The summed E-state index contributed by atoms with van der Waals surface area (Å²) in [4.78, 5) is 0. The smallest absolute Gasteiger partial charge is 0.0877 e. The van der Waals surface area contributed by atoms with Crippen molar-refractivity contribution in [2.45, 2.75) is 39.2 Å². The van der Waals surface area contributed by atoms with Crippen LogP contribution < -0.4 is 0 Å². The molecule has 0 heterocycles. The van der Waals surface area contributed by atoms with Gasteiger partial charge in [0.25, 0.3) is 0 Å². The van der Waals surface area contributed by atoms with Gasteiger partial charge in [-0.2, -0.15) is 0 Å². The highest BCUT2D eigenvalue weighted by Crippen LogP contribution is 2.39. The maximum Gasteiger partial charge on any atom is 0.0877 e. The third-order valence-electron chi connectivity index (χ3n) is 3.28. The van der Waals surface area contributed by atoms with Gasteiger partial charge in [0.05, 0.1) is 6.10 Å². The average molecular weight is 218 g/mol. The molecule has 1 aromatic rings. The summed E-state index contributed by atoms with van der Waals surface area (Å²) in [5.41, 5.74) is 0.748. The van der Waals surface area contributed by atoms with E-state index in [0.717, 1.165) is 24.8 Å². The molecule has 1 aromatic carbocycles. The molecule has 0 amide bonds. The zero-order chi connectivity index (χ0) is 12.0. The maximum atomic E-state index is 10.4. The normalized spacial score (nSPS) is 16.4. The summed E-state index contributed by atoms with van der Waals surface area (Å²) in [6.45, 7) is 8.11. The van der Waals surface area contributed by atoms with E-state index in [1.807, 2.05) is 36.4 Å².